The lowest BCUT2D eigenvalue weighted by Crippen LogP contribution is -2.45. The number of pyridine rings is 1. The molecule has 0 saturated heterocycles. The van der Waals surface area contributed by atoms with Crippen molar-refractivity contribution in [3.05, 3.63) is 111 Å². The van der Waals surface area contributed by atoms with Crippen molar-refractivity contribution in [2.45, 2.75) is 38.5 Å². The second-order valence-corrected chi connectivity index (χ2v) is 10.5. The molecule has 2 aliphatic carbocycles. The van der Waals surface area contributed by atoms with Crippen molar-refractivity contribution in [1.29, 1.82) is 0 Å². The summed E-state index contributed by atoms with van der Waals surface area (Å²) in [6.45, 7) is -0.230. The number of aliphatic carboxylic acids is 1. The number of halogens is 3. The van der Waals surface area contributed by atoms with Gasteiger partial charge in [-0.25, -0.2) is 19.1 Å². The standard InChI is InChI=1S/C30H24F3N5O5/c31-30(32,33)21-11-14-34-24(15-21)43-23-9-7-22(8-10-23)35-26-36-27(41)38(17-29(12-13-29)25(39)40)28(42)37(26)16-18-1-3-19(4-2-18)20-5-6-20/h1-5,7-11,14-15H,6,12-13,16-17H2,(H,39,40)(H,35,36,41). The highest BCUT2D eigenvalue weighted by atomic mass is 19.4. The van der Waals surface area contributed by atoms with Gasteiger partial charge >= 0.3 is 23.5 Å². The van der Waals surface area contributed by atoms with Crippen LogP contribution in [0.4, 0.5) is 24.8 Å². The minimum atomic E-state index is -4.55. The minimum Gasteiger partial charge on any atom is -0.481 e. The van der Waals surface area contributed by atoms with E-state index in [1.807, 2.05) is 24.3 Å². The Labute approximate surface area is 241 Å². The van der Waals surface area contributed by atoms with E-state index in [4.69, 9.17) is 4.74 Å². The van der Waals surface area contributed by atoms with Crippen LogP contribution in [0, 0.1) is 5.41 Å². The maximum Gasteiger partial charge on any atom is 0.416 e. The van der Waals surface area contributed by atoms with Crippen LogP contribution in [0.1, 0.15) is 36.0 Å². The van der Waals surface area contributed by atoms with Gasteiger partial charge in [0.15, 0.2) is 0 Å². The summed E-state index contributed by atoms with van der Waals surface area (Å²) in [5.41, 5.74) is -0.173. The van der Waals surface area contributed by atoms with E-state index in [1.54, 1.807) is 0 Å². The lowest BCUT2D eigenvalue weighted by Gasteiger charge is -2.17. The number of alkyl halides is 3. The van der Waals surface area contributed by atoms with E-state index in [0.717, 1.165) is 40.4 Å². The van der Waals surface area contributed by atoms with Crippen molar-refractivity contribution >= 4 is 23.2 Å². The first kappa shape index (κ1) is 27.9. The van der Waals surface area contributed by atoms with Crippen LogP contribution in [-0.2, 0) is 24.1 Å². The Kier molecular flexibility index (Phi) is 6.87. The van der Waals surface area contributed by atoms with Crippen LogP contribution in [0.3, 0.4) is 0 Å². The van der Waals surface area contributed by atoms with Crippen LogP contribution >= 0.6 is 0 Å². The normalized spacial score (nSPS) is 15.0. The molecule has 0 unspecified atom stereocenters. The zero-order valence-electron chi connectivity index (χ0n) is 22.5. The fraction of sp³-hybridized carbons (Fsp3) is 0.233. The molecule has 0 atom stereocenters. The van der Waals surface area contributed by atoms with Gasteiger partial charge < -0.3 is 15.2 Å². The number of hydrogen-bond donors (Lipinski definition) is 2. The summed E-state index contributed by atoms with van der Waals surface area (Å²) in [7, 11) is 0. The maximum atomic E-state index is 13.6. The molecular formula is C30H24F3N5O5. The molecule has 43 heavy (non-hydrogen) atoms. The van der Waals surface area contributed by atoms with E-state index >= 15 is 0 Å². The minimum absolute atomic E-state index is 0.0518. The Hall–Kier alpha value is -5.20. The molecule has 0 bridgehead atoms. The van der Waals surface area contributed by atoms with Gasteiger partial charge in [0.05, 0.1) is 17.5 Å². The molecule has 2 aliphatic rings. The highest BCUT2D eigenvalue weighted by Gasteiger charge is 2.51. The Morgan fingerprint density at radius 3 is 2.33 bits per heavy atom. The molecular weight excluding hydrogens is 567 g/mol. The molecule has 4 aromatic rings. The second-order valence-electron chi connectivity index (χ2n) is 10.5. The van der Waals surface area contributed by atoms with E-state index in [1.165, 1.54) is 34.4 Å². The van der Waals surface area contributed by atoms with Crippen molar-refractivity contribution < 1.29 is 27.8 Å². The average molecular weight is 592 g/mol. The van der Waals surface area contributed by atoms with E-state index in [9.17, 15) is 32.7 Å². The number of hydrogen-bond acceptors (Lipinski definition) is 7. The molecule has 0 aliphatic heterocycles. The van der Waals surface area contributed by atoms with E-state index in [0.29, 0.717) is 18.5 Å². The summed E-state index contributed by atoms with van der Waals surface area (Å²) < 4.78 is 46.6. The topological polar surface area (TPSA) is 128 Å². The molecule has 6 rings (SSSR count). The van der Waals surface area contributed by atoms with E-state index in [-0.39, 0.29) is 30.7 Å². The van der Waals surface area contributed by atoms with Gasteiger partial charge in [0.25, 0.3) is 0 Å². The third-order valence-corrected chi connectivity index (χ3v) is 7.39. The Balaban J connectivity index is 1.28. The molecule has 10 nitrogen and oxygen atoms in total. The first-order chi connectivity index (χ1) is 20.5. The number of carboxylic acid groups (broad SMARTS) is 1. The lowest BCUT2D eigenvalue weighted by atomic mass is 10.1. The third-order valence-electron chi connectivity index (χ3n) is 7.39. The van der Waals surface area contributed by atoms with Gasteiger partial charge in [0.1, 0.15) is 5.75 Å². The summed E-state index contributed by atoms with van der Waals surface area (Å²) in [4.78, 5) is 46.2. The molecule has 0 spiro atoms. The summed E-state index contributed by atoms with van der Waals surface area (Å²) >= 11 is 0. The fourth-order valence-corrected chi connectivity index (χ4v) is 4.59. The number of carbonyl (C=O) groups is 1. The molecule has 2 aromatic carbocycles. The molecule has 0 radical (unpaired) electrons. The maximum absolute atomic E-state index is 13.6. The molecule has 0 amide bonds. The van der Waals surface area contributed by atoms with Gasteiger partial charge in [0, 0.05) is 24.5 Å². The Morgan fingerprint density at radius 1 is 1.02 bits per heavy atom. The number of nitrogens with one attached hydrogen (secondary N) is 1. The molecule has 2 heterocycles. The quantitative estimate of drug-likeness (QED) is 0.262. The van der Waals surface area contributed by atoms with Crippen molar-refractivity contribution in [3.63, 3.8) is 0 Å². The lowest BCUT2D eigenvalue weighted by molar-refractivity contribution is -0.144. The fourth-order valence-electron chi connectivity index (χ4n) is 4.59. The molecule has 1 saturated carbocycles. The first-order valence-electron chi connectivity index (χ1n) is 13.3. The molecule has 2 N–H and O–H groups in total. The average Bonchev–Trinajstić information content (AvgIpc) is 3.90. The Morgan fingerprint density at radius 2 is 1.72 bits per heavy atom. The van der Waals surface area contributed by atoms with Crippen LogP contribution in [0.15, 0.2) is 82.5 Å². The van der Waals surface area contributed by atoms with E-state index in [2.05, 4.69) is 21.4 Å². The zero-order valence-corrected chi connectivity index (χ0v) is 22.5. The van der Waals surface area contributed by atoms with Crippen molar-refractivity contribution in [2.75, 3.05) is 5.32 Å². The van der Waals surface area contributed by atoms with Crippen LogP contribution in [0.25, 0.3) is 5.57 Å². The third kappa shape index (κ3) is 6.05. The predicted molar refractivity (Wildman–Crippen MR) is 149 cm³/mol. The monoisotopic (exact) mass is 591 g/mol. The largest absolute Gasteiger partial charge is 0.481 e. The number of carboxylic acids is 1. The highest BCUT2D eigenvalue weighted by Crippen LogP contribution is 2.46. The number of nitrogens with zero attached hydrogens (tertiary/aromatic N) is 4. The van der Waals surface area contributed by atoms with Gasteiger partial charge in [-0.1, -0.05) is 30.3 Å². The predicted octanol–water partition coefficient (Wildman–Crippen LogP) is 5.05. The van der Waals surface area contributed by atoms with Crippen LogP contribution in [0.2, 0.25) is 0 Å². The van der Waals surface area contributed by atoms with Gasteiger partial charge in [-0.15, -0.1) is 0 Å². The number of aromatic nitrogens is 4. The molecule has 13 heteroatoms. The zero-order chi connectivity index (χ0) is 30.4. The molecule has 2 aromatic heterocycles. The van der Waals surface area contributed by atoms with Gasteiger partial charge in [-0.2, -0.15) is 18.2 Å². The van der Waals surface area contributed by atoms with E-state index < -0.39 is 34.5 Å². The summed E-state index contributed by atoms with van der Waals surface area (Å²) in [6.07, 6.45) is 0.207. The van der Waals surface area contributed by atoms with Crippen molar-refractivity contribution in [3.8, 4) is 11.6 Å². The number of allylic oxidation sites excluding steroid dienone is 2. The van der Waals surface area contributed by atoms with Crippen molar-refractivity contribution in [1.82, 2.24) is 19.1 Å². The number of ether oxygens (including phenoxy) is 1. The summed E-state index contributed by atoms with van der Waals surface area (Å²) in [5, 5.41) is 12.6. The van der Waals surface area contributed by atoms with Gasteiger partial charge in [-0.3, -0.25) is 9.36 Å². The van der Waals surface area contributed by atoms with Crippen LogP contribution in [0.5, 0.6) is 11.6 Å². The van der Waals surface area contributed by atoms with Crippen LogP contribution < -0.4 is 21.4 Å². The summed E-state index contributed by atoms with van der Waals surface area (Å²) in [5.74, 6) is -1.17. The number of anilines is 2. The highest BCUT2D eigenvalue weighted by molar-refractivity contribution is 5.78. The first-order valence-corrected chi connectivity index (χ1v) is 13.3. The second kappa shape index (κ2) is 10.6. The van der Waals surface area contributed by atoms with Crippen molar-refractivity contribution in [2.24, 2.45) is 5.41 Å². The smallest absolute Gasteiger partial charge is 0.416 e. The van der Waals surface area contributed by atoms with Gasteiger partial charge in [-0.05, 0) is 66.3 Å². The molecule has 220 valence electrons. The van der Waals surface area contributed by atoms with Crippen LogP contribution in [-0.4, -0.2) is 30.2 Å². The number of benzene rings is 2. The SMILES string of the molecule is O=C(O)C1(Cn2c(=O)nc(Nc3ccc(Oc4cc(C(F)(F)F)ccn4)cc3)n(Cc3ccc(C4=CC4)cc3)c2=O)CC1. The number of rotatable bonds is 10. The van der Waals surface area contributed by atoms with Gasteiger partial charge in [0.2, 0.25) is 11.8 Å². The Bertz CT molecular complexity index is 1860. The summed E-state index contributed by atoms with van der Waals surface area (Å²) in [6, 6.07) is 15.3. The molecule has 1 fully saturated rings.